The molecule has 0 aliphatic rings. The average Bonchev–Trinajstić information content (AvgIpc) is 2.82. The molecular weight excluding hydrogens is 442 g/mol. The van der Waals surface area contributed by atoms with E-state index < -0.39 is 11.7 Å². The molecule has 1 unspecified atom stereocenters. The summed E-state index contributed by atoms with van der Waals surface area (Å²) in [6.45, 7) is 9.98. The van der Waals surface area contributed by atoms with Crippen molar-refractivity contribution >= 4 is 27.9 Å². The number of aromatic amines is 1. The SMILES string of the molecule is COc1cc(C)c2[nH]c(=O)c3cccnc3c2c1-c1ccc(C(C)CNC(=O)OC(C)(C)C)cc1. The molecule has 7 heteroatoms. The first-order valence-corrected chi connectivity index (χ1v) is 11.6. The lowest BCUT2D eigenvalue weighted by Crippen LogP contribution is -2.34. The van der Waals surface area contributed by atoms with Crippen molar-refractivity contribution in [3.05, 3.63) is 70.1 Å². The van der Waals surface area contributed by atoms with Crippen molar-refractivity contribution < 1.29 is 14.3 Å². The average molecular weight is 474 g/mol. The van der Waals surface area contributed by atoms with Crippen molar-refractivity contribution in [2.75, 3.05) is 13.7 Å². The van der Waals surface area contributed by atoms with Gasteiger partial charge in [-0.05, 0) is 68.5 Å². The van der Waals surface area contributed by atoms with E-state index in [0.29, 0.717) is 23.2 Å². The number of aryl methyl sites for hydroxylation is 1. The zero-order chi connectivity index (χ0) is 25.3. The molecule has 0 aliphatic carbocycles. The first-order valence-electron chi connectivity index (χ1n) is 11.6. The minimum Gasteiger partial charge on any atom is -0.496 e. The summed E-state index contributed by atoms with van der Waals surface area (Å²) >= 11 is 0. The molecule has 1 amide bonds. The Kier molecular flexibility index (Phi) is 6.52. The lowest BCUT2D eigenvalue weighted by molar-refractivity contribution is 0.0525. The number of rotatable bonds is 5. The van der Waals surface area contributed by atoms with Crippen molar-refractivity contribution in [1.82, 2.24) is 15.3 Å². The maximum atomic E-state index is 12.7. The van der Waals surface area contributed by atoms with Crippen LogP contribution in [0.1, 0.15) is 44.7 Å². The molecule has 0 fully saturated rings. The summed E-state index contributed by atoms with van der Waals surface area (Å²) in [5, 5.41) is 4.22. The quantitative estimate of drug-likeness (QED) is 0.363. The second-order valence-electron chi connectivity index (χ2n) is 9.78. The number of hydrogen-bond donors (Lipinski definition) is 2. The number of hydrogen-bond acceptors (Lipinski definition) is 5. The van der Waals surface area contributed by atoms with Crippen LogP contribution < -0.4 is 15.6 Å². The molecule has 2 N–H and O–H groups in total. The number of pyridine rings is 2. The molecule has 7 nitrogen and oxygen atoms in total. The van der Waals surface area contributed by atoms with Crippen LogP contribution >= 0.6 is 0 Å². The molecule has 0 bridgehead atoms. The third-order valence-corrected chi connectivity index (χ3v) is 5.96. The Morgan fingerprint density at radius 2 is 1.89 bits per heavy atom. The minimum absolute atomic E-state index is 0.0899. The van der Waals surface area contributed by atoms with Crippen LogP contribution in [0, 0.1) is 6.92 Å². The van der Waals surface area contributed by atoms with Crippen LogP contribution in [0.4, 0.5) is 4.79 Å². The highest BCUT2D eigenvalue weighted by Crippen LogP contribution is 2.40. The zero-order valence-corrected chi connectivity index (χ0v) is 21.0. The van der Waals surface area contributed by atoms with Gasteiger partial charge in [-0.1, -0.05) is 31.2 Å². The van der Waals surface area contributed by atoms with E-state index in [1.807, 2.05) is 58.0 Å². The normalized spacial score (nSPS) is 12.5. The van der Waals surface area contributed by atoms with E-state index in [4.69, 9.17) is 9.47 Å². The van der Waals surface area contributed by atoms with E-state index in [2.05, 4.69) is 22.2 Å². The van der Waals surface area contributed by atoms with E-state index in [0.717, 1.165) is 33.2 Å². The number of alkyl carbamates (subject to hydrolysis) is 1. The van der Waals surface area contributed by atoms with E-state index in [9.17, 15) is 9.59 Å². The van der Waals surface area contributed by atoms with Crippen molar-refractivity contribution in [2.45, 2.75) is 46.1 Å². The molecule has 0 saturated heterocycles. The lowest BCUT2D eigenvalue weighted by Gasteiger charge is -2.21. The summed E-state index contributed by atoms with van der Waals surface area (Å²) in [4.78, 5) is 32.3. The van der Waals surface area contributed by atoms with Gasteiger partial charge in [0.05, 0.1) is 23.5 Å². The summed E-state index contributed by atoms with van der Waals surface area (Å²) < 4.78 is 11.1. The van der Waals surface area contributed by atoms with Crippen molar-refractivity contribution in [1.29, 1.82) is 0 Å². The molecule has 2 heterocycles. The van der Waals surface area contributed by atoms with Gasteiger partial charge in [-0.3, -0.25) is 9.78 Å². The Hall–Kier alpha value is -3.87. The number of H-pyrrole nitrogens is 1. The second-order valence-corrected chi connectivity index (χ2v) is 9.78. The molecule has 35 heavy (non-hydrogen) atoms. The zero-order valence-electron chi connectivity index (χ0n) is 21.0. The summed E-state index contributed by atoms with van der Waals surface area (Å²) in [6.07, 6.45) is 1.27. The second kappa shape index (κ2) is 9.41. The molecule has 182 valence electrons. The van der Waals surface area contributed by atoms with Crippen LogP contribution in [0.2, 0.25) is 0 Å². The Labute approximate surface area is 204 Å². The molecule has 4 aromatic rings. The van der Waals surface area contributed by atoms with Gasteiger partial charge in [-0.2, -0.15) is 0 Å². The van der Waals surface area contributed by atoms with Gasteiger partial charge in [-0.15, -0.1) is 0 Å². The number of fused-ring (bicyclic) bond motifs is 3. The van der Waals surface area contributed by atoms with Crippen LogP contribution in [0.15, 0.2) is 53.5 Å². The van der Waals surface area contributed by atoms with Crippen LogP contribution in [0.5, 0.6) is 5.75 Å². The van der Waals surface area contributed by atoms with Crippen LogP contribution in [-0.4, -0.2) is 35.3 Å². The standard InChI is InChI=1S/C28H31N3O4/c1-16-14-21(34-6)22(23-24(16)31-26(32)20-8-7-13-29-25(20)23)19-11-9-18(10-12-19)17(2)15-30-27(33)35-28(3,4)5/h7-14,17H,15H2,1-6H3,(H,30,33)(H,31,32). The van der Waals surface area contributed by atoms with Crippen LogP contribution in [0.3, 0.4) is 0 Å². The van der Waals surface area contributed by atoms with Gasteiger partial charge in [0.1, 0.15) is 11.4 Å². The highest BCUT2D eigenvalue weighted by Gasteiger charge is 2.20. The van der Waals surface area contributed by atoms with E-state index in [1.165, 1.54) is 0 Å². The van der Waals surface area contributed by atoms with Crippen LogP contribution in [-0.2, 0) is 4.74 Å². The number of ether oxygens (including phenoxy) is 2. The fourth-order valence-electron chi connectivity index (χ4n) is 4.25. The highest BCUT2D eigenvalue weighted by molar-refractivity contribution is 6.13. The highest BCUT2D eigenvalue weighted by atomic mass is 16.6. The first-order chi connectivity index (χ1) is 16.6. The molecule has 0 radical (unpaired) electrons. The number of amides is 1. The Bertz CT molecular complexity index is 1450. The molecule has 1 atom stereocenters. The predicted octanol–water partition coefficient (Wildman–Crippen LogP) is 5.69. The van der Waals surface area contributed by atoms with E-state index >= 15 is 0 Å². The molecular formula is C28H31N3O4. The maximum absolute atomic E-state index is 12.7. The summed E-state index contributed by atoms with van der Waals surface area (Å²) in [6, 6.07) is 13.6. The number of aromatic nitrogens is 2. The molecule has 0 spiro atoms. The number of benzene rings is 2. The third-order valence-electron chi connectivity index (χ3n) is 5.96. The third kappa shape index (κ3) is 4.99. The van der Waals surface area contributed by atoms with Gasteiger partial charge in [0.15, 0.2) is 0 Å². The lowest BCUT2D eigenvalue weighted by atomic mass is 9.93. The van der Waals surface area contributed by atoms with Gasteiger partial charge in [0.25, 0.3) is 5.56 Å². The molecule has 2 aromatic carbocycles. The fraction of sp³-hybridized carbons (Fsp3) is 0.321. The number of nitrogens with one attached hydrogen (secondary N) is 2. The van der Waals surface area contributed by atoms with Crippen LogP contribution in [0.25, 0.3) is 32.9 Å². The molecule has 4 rings (SSSR count). The van der Waals surface area contributed by atoms with Gasteiger partial charge >= 0.3 is 6.09 Å². The summed E-state index contributed by atoms with van der Waals surface area (Å²) in [5.74, 6) is 0.800. The van der Waals surface area contributed by atoms with Gasteiger partial charge in [0.2, 0.25) is 0 Å². The summed E-state index contributed by atoms with van der Waals surface area (Å²) in [7, 11) is 1.64. The molecule has 0 aliphatic heterocycles. The number of nitrogens with zero attached hydrogens (tertiary/aromatic N) is 1. The minimum atomic E-state index is -0.534. The number of carbonyl (C=O) groups is 1. The Morgan fingerprint density at radius 3 is 2.54 bits per heavy atom. The fourth-order valence-corrected chi connectivity index (χ4v) is 4.25. The van der Waals surface area contributed by atoms with Gasteiger partial charge in [0, 0.05) is 23.7 Å². The number of carbonyl (C=O) groups excluding carboxylic acids is 1. The largest absolute Gasteiger partial charge is 0.496 e. The first kappa shape index (κ1) is 24.3. The molecule has 2 aromatic heterocycles. The van der Waals surface area contributed by atoms with E-state index in [-0.39, 0.29) is 11.5 Å². The Balaban J connectivity index is 1.73. The molecule has 0 saturated carbocycles. The monoisotopic (exact) mass is 473 g/mol. The van der Waals surface area contributed by atoms with E-state index in [1.54, 1.807) is 25.4 Å². The van der Waals surface area contributed by atoms with Gasteiger partial charge < -0.3 is 19.8 Å². The number of methoxy groups -OCH3 is 1. The predicted molar refractivity (Wildman–Crippen MR) is 139 cm³/mol. The topological polar surface area (TPSA) is 93.3 Å². The van der Waals surface area contributed by atoms with Gasteiger partial charge in [-0.25, -0.2) is 4.79 Å². The van der Waals surface area contributed by atoms with Crippen molar-refractivity contribution in [3.8, 4) is 16.9 Å². The maximum Gasteiger partial charge on any atom is 0.407 e. The summed E-state index contributed by atoms with van der Waals surface area (Å²) in [5.41, 5.74) is 4.50. The van der Waals surface area contributed by atoms with Crippen molar-refractivity contribution in [3.63, 3.8) is 0 Å². The smallest absolute Gasteiger partial charge is 0.407 e. The van der Waals surface area contributed by atoms with Crippen molar-refractivity contribution in [2.24, 2.45) is 0 Å². The Morgan fingerprint density at radius 1 is 1.17 bits per heavy atom.